The zero-order chi connectivity index (χ0) is 24.8. The maximum atomic E-state index is 13.2. The van der Waals surface area contributed by atoms with Crippen LogP contribution in [0.3, 0.4) is 0 Å². The van der Waals surface area contributed by atoms with E-state index in [0.29, 0.717) is 53.9 Å². The van der Waals surface area contributed by atoms with Crippen LogP contribution in [0.2, 0.25) is 0 Å². The molecule has 34 heavy (non-hydrogen) atoms. The van der Waals surface area contributed by atoms with E-state index in [1.807, 2.05) is 0 Å². The Morgan fingerprint density at radius 3 is 2.71 bits per heavy atom. The van der Waals surface area contributed by atoms with Gasteiger partial charge >= 0.3 is 178 Å². The summed E-state index contributed by atoms with van der Waals surface area (Å²) in [4.78, 5) is 29.8. The minimum atomic E-state index is -3.61. The van der Waals surface area contributed by atoms with Crippen molar-refractivity contribution in [2.24, 2.45) is 0 Å². The van der Waals surface area contributed by atoms with Gasteiger partial charge in [-0.25, -0.2) is 4.79 Å². The molecule has 0 radical (unpaired) electrons. The predicted molar refractivity (Wildman–Crippen MR) is 127 cm³/mol. The van der Waals surface area contributed by atoms with Crippen molar-refractivity contribution in [3.05, 3.63) is 47.3 Å². The number of pyridine rings is 1. The Kier molecular flexibility index (Phi) is 6.44. The average Bonchev–Trinajstić information content (AvgIpc) is 3.10. The Bertz CT molecular complexity index is 1410. The number of carbonyl (C=O) groups is 2. The van der Waals surface area contributed by atoms with Gasteiger partial charge in [0.25, 0.3) is 0 Å². The molecule has 0 saturated heterocycles. The van der Waals surface area contributed by atoms with Crippen LogP contribution in [0.15, 0.2) is 35.5 Å². The molecule has 176 valence electrons. The molecular formula is C22H24N5O5STl. The molecule has 2 amide bonds. The molecule has 4 rings (SSSR count). The number of aromatic nitrogens is 3. The average molecular weight is 675 g/mol. The quantitative estimate of drug-likeness (QED) is 0.409. The van der Waals surface area contributed by atoms with E-state index < -0.39 is 33.5 Å². The Balaban J connectivity index is 1.67. The van der Waals surface area contributed by atoms with Crippen LogP contribution in [0.4, 0.5) is 10.5 Å². The summed E-state index contributed by atoms with van der Waals surface area (Å²) in [5, 5.41) is 10.6. The first-order chi connectivity index (χ1) is 15.9. The van der Waals surface area contributed by atoms with Gasteiger partial charge in [-0.15, -0.1) is 0 Å². The molecule has 2 aromatic heterocycles. The summed E-state index contributed by atoms with van der Waals surface area (Å²) in [6.07, 6.45) is 2.84. The van der Waals surface area contributed by atoms with Crippen LogP contribution in [-0.2, 0) is 14.6 Å². The van der Waals surface area contributed by atoms with Crippen LogP contribution in [0.5, 0.6) is 0 Å². The number of hydrogen-bond acceptors (Lipinski definition) is 7. The molecule has 10 nitrogen and oxygen atoms in total. The fourth-order valence-electron chi connectivity index (χ4n) is 3.88. The van der Waals surface area contributed by atoms with Gasteiger partial charge in [-0.1, -0.05) is 0 Å². The monoisotopic (exact) mass is 675 g/mol. The van der Waals surface area contributed by atoms with Crippen molar-refractivity contribution in [2.45, 2.75) is 50.7 Å². The van der Waals surface area contributed by atoms with Gasteiger partial charge in [0.1, 0.15) is 5.60 Å². The van der Waals surface area contributed by atoms with E-state index in [1.54, 1.807) is 54.7 Å². The van der Waals surface area contributed by atoms with Crippen LogP contribution in [0.1, 0.15) is 54.7 Å². The van der Waals surface area contributed by atoms with Gasteiger partial charge in [0.2, 0.25) is 0 Å². The molecule has 1 aliphatic rings. The Morgan fingerprint density at radius 2 is 2.00 bits per heavy atom. The molecule has 1 aromatic carbocycles. The fraction of sp³-hybridized carbons (Fsp3) is 0.364. The normalized spacial score (nSPS) is 17.1. The standard InChI is InChI=1S/C22H25N5O5S.Tl/c1-12-9-14-17(26-21(29)32-22(2,3)4)6-8-33(30,31)18(14)10-13(12)20(28)25-16-5-7-23-19-15(16)11-24-27-19;/h5,7,9-11,17H,6,8H2,1-4H3,(H3,23,24,25,26,27,28,29);/q;+1/p-1/t17-;/m0./s1. The van der Waals surface area contributed by atoms with Crippen LogP contribution < -0.4 is 10.6 Å². The summed E-state index contributed by atoms with van der Waals surface area (Å²) in [5.41, 5.74) is 1.84. The number of alkyl carbamates (subject to hydrolysis) is 1. The molecule has 0 bridgehead atoms. The third-order valence-corrected chi connectivity index (χ3v) is 8.69. The summed E-state index contributed by atoms with van der Waals surface area (Å²) >= 11 is 0.427. The van der Waals surface area contributed by atoms with Crippen molar-refractivity contribution in [3.8, 4) is 0 Å². The molecular weight excluding hydrogens is 651 g/mol. The topological polar surface area (TPSA) is 132 Å². The second-order valence-corrected chi connectivity index (χ2v) is 13.1. The van der Waals surface area contributed by atoms with Crippen molar-refractivity contribution in [1.29, 1.82) is 0 Å². The molecule has 0 aliphatic carbocycles. The molecule has 0 saturated carbocycles. The van der Waals surface area contributed by atoms with Gasteiger partial charge in [0.15, 0.2) is 0 Å². The molecule has 3 heterocycles. The Morgan fingerprint density at radius 1 is 1.26 bits per heavy atom. The predicted octanol–water partition coefficient (Wildman–Crippen LogP) is 2.67. The van der Waals surface area contributed by atoms with Gasteiger partial charge in [0, 0.05) is 0 Å². The van der Waals surface area contributed by atoms with Gasteiger partial charge in [-0.2, -0.15) is 0 Å². The fourth-order valence-corrected chi connectivity index (χ4v) is 6.56. The first-order valence-corrected chi connectivity index (χ1v) is 14.3. The summed E-state index contributed by atoms with van der Waals surface area (Å²) in [6, 6.07) is 4.19. The second kappa shape index (κ2) is 8.91. The minimum absolute atomic E-state index is 0.0454. The first-order valence-electron chi connectivity index (χ1n) is 10.6. The summed E-state index contributed by atoms with van der Waals surface area (Å²) in [7, 11) is -3.61. The van der Waals surface area contributed by atoms with E-state index in [2.05, 4.69) is 20.7 Å². The number of nitrogens with zero attached hydrogens (tertiary/aromatic N) is 3. The third kappa shape index (κ3) is 4.94. The number of aryl methyl sites for hydroxylation is 1. The summed E-state index contributed by atoms with van der Waals surface area (Å²) in [5.74, 6) is -0.579. The van der Waals surface area contributed by atoms with E-state index in [0.717, 1.165) is 0 Å². The molecule has 2 N–H and O–H groups in total. The van der Waals surface area contributed by atoms with Gasteiger partial charge in [-0.3, -0.25) is 0 Å². The number of hydrogen-bond donors (Lipinski definition) is 2. The van der Waals surface area contributed by atoms with Crippen LogP contribution in [-0.4, -0.2) is 70.4 Å². The third-order valence-electron chi connectivity index (χ3n) is 5.42. The van der Waals surface area contributed by atoms with E-state index in [1.165, 1.54) is 6.07 Å². The number of sulfone groups is 1. The van der Waals surface area contributed by atoms with Crippen molar-refractivity contribution in [3.63, 3.8) is 0 Å². The number of rotatable bonds is 3. The number of benzene rings is 1. The van der Waals surface area contributed by atoms with E-state index >= 15 is 0 Å². The van der Waals surface area contributed by atoms with Crippen LogP contribution in [0.25, 0.3) is 11.0 Å². The molecule has 1 atom stereocenters. The molecule has 1 aliphatic heterocycles. The van der Waals surface area contributed by atoms with Crippen molar-refractivity contribution in [1.82, 2.24) is 17.9 Å². The van der Waals surface area contributed by atoms with Crippen molar-refractivity contribution >= 4 is 64.6 Å². The number of fused-ring (bicyclic) bond motifs is 2. The maximum absolute atomic E-state index is 13.2. The minimum Gasteiger partial charge on any atom is -0.444 e. The summed E-state index contributed by atoms with van der Waals surface area (Å²) < 4.78 is 32.8. The van der Waals surface area contributed by atoms with E-state index in [9.17, 15) is 18.0 Å². The van der Waals surface area contributed by atoms with Crippen LogP contribution >= 0.6 is 0 Å². The van der Waals surface area contributed by atoms with E-state index in [4.69, 9.17) is 4.74 Å². The van der Waals surface area contributed by atoms with Crippen LogP contribution in [0, 0.1) is 6.92 Å². The SMILES string of the molecule is Cc1cc2c(cc1C(=O)Nc1ccnc3c1cn[n]3[Tl])S(=O)(=O)CC[C@@H]2NC(=O)OC(C)(C)C. The number of nitrogens with one attached hydrogen (secondary N) is 2. The first kappa shape index (κ1) is 24.6. The number of ether oxygens (including phenoxy) is 1. The molecule has 12 heteroatoms. The zero-order valence-electron chi connectivity index (χ0n) is 19.2. The number of anilines is 1. The zero-order valence-corrected chi connectivity index (χ0v) is 24.6. The van der Waals surface area contributed by atoms with Crippen molar-refractivity contribution in [2.75, 3.05) is 11.1 Å². The molecule has 0 unspecified atom stereocenters. The molecule has 0 spiro atoms. The Hall–Kier alpha value is -2.55. The number of carbonyl (C=O) groups excluding carboxylic acids is 2. The Labute approximate surface area is 213 Å². The van der Waals surface area contributed by atoms with Gasteiger partial charge in [0.05, 0.1) is 0 Å². The van der Waals surface area contributed by atoms with Gasteiger partial charge < -0.3 is 4.74 Å². The number of amides is 2. The summed E-state index contributed by atoms with van der Waals surface area (Å²) in [6.45, 7) is 7.00. The molecule has 3 aromatic rings. The smallest absolute Gasteiger partial charge is 0.444 e. The molecule has 0 fully saturated rings. The van der Waals surface area contributed by atoms with Gasteiger partial charge in [-0.05, 0) is 20.8 Å². The van der Waals surface area contributed by atoms with E-state index in [-0.39, 0.29) is 22.6 Å². The van der Waals surface area contributed by atoms with Crippen molar-refractivity contribution < 1.29 is 22.7 Å². The second-order valence-electron chi connectivity index (χ2n) is 9.15.